The van der Waals surface area contributed by atoms with Gasteiger partial charge in [-0.15, -0.1) is 0 Å². The maximum absolute atomic E-state index is 13.3. The molecule has 3 aromatic rings. The number of aliphatic hydroxyl groups is 1. The van der Waals surface area contributed by atoms with Gasteiger partial charge in [0.25, 0.3) is 5.91 Å². The van der Waals surface area contributed by atoms with Crippen molar-refractivity contribution >= 4 is 11.9 Å². The molecule has 0 radical (unpaired) electrons. The van der Waals surface area contributed by atoms with Gasteiger partial charge in [0.1, 0.15) is 0 Å². The van der Waals surface area contributed by atoms with E-state index in [-0.39, 0.29) is 18.6 Å². The van der Waals surface area contributed by atoms with Crippen LogP contribution in [-0.4, -0.2) is 61.9 Å². The number of rotatable bonds is 6. The second kappa shape index (κ2) is 9.08. The molecule has 0 unspecified atom stereocenters. The molecule has 0 bridgehead atoms. The highest BCUT2D eigenvalue weighted by Gasteiger charge is 2.34. The smallest absolute Gasteiger partial charge is 0.254 e. The van der Waals surface area contributed by atoms with Gasteiger partial charge in [0.05, 0.1) is 30.6 Å². The number of hydrogen-bond acceptors (Lipinski definition) is 6. The van der Waals surface area contributed by atoms with Crippen molar-refractivity contribution in [2.75, 3.05) is 31.1 Å². The molecule has 0 spiro atoms. The fraction of sp³-hybridized carbons (Fsp3) is 0.417. The van der Waals surface area contributed by atoms with Crippen LogP contribution in [0.1, 0.15) is 47.8 Å². The van der Waals surface area contributed by atoms with Crippen molar-refractivity contribution in [3.63, 3.8) is 0 Å². The van der Waals surface area contributed by atoms with Crippen LogP contribution >= 0.6 is 0 Å². The van der Waals surface area contributed by atoms with Gasteiger partial charge in [-0.1, -0.05) is 18.2 Å². The summed E-state index contributed by atoms with van der Waals surface area (Å²) in [6, 6.07) is 11.2. The van der Waals surface area contributed by atoms with E-state index in [0.29, 0.717) is 18.7 Å². The first kappa shape index (κ1) is 20.6. The summed E-state index contributed by atoms with van der Waals surface area (Å²) < 4.78 is 1.76. The van der Waals surface area contributed by atoms with E-state index in [2.05, 4.69) is 9.88 Å². The van der Waals surface area contributed by atoms with Gasteiger partial charge in [-0.05, 0) is 43.9 Å². The molecule has 32 heavy (non-hydrogen) atoms. The van der Waals surface area contributed by atoms with Crippen LogP contribution in [0.5, 0.6) is 0 Å². The maximum Gasteiger partial charge on any atom is 0.254 e. The lowest BCUT2D eigenvalue weighted by atomic mass is 10.0. The van der Waals surface area contributed by atoms with Crippen LogP contribution < -0.4 is 4.90 Å². The highest BCUT2D eigenvalue weighted by Crippen LogP contribution is 2.37. The van der Waals surface area contributed by atoms with Crippen LogP contribution in [0.2, 0.25) is 0 Å². The lowest BCUT2D eigenvalue weighted by Gasteiger charge is -2.24. The highest BCUT2D eigenvalue weighted by molar-refractivity contribution is 5.94. The van der Waals surface area contributed by atoms with Gasteiger partial charge in [-0.2, -0.15) is 5.10 Å². The summed E-state index contributed by atoms with van der Waals surface area (Å²) in [4.78, 5) is 26.7. The Kier molecular flexibility index (Phi) is 5.85. The number of likely N-dealkylation sites (tertiary alicyclic amines) is 1. The van der Waals surface area contributed by atoms with Gasteiger partial charge in [-0.25, -0.2) is 9.97 Å². The number of nitrogens with zero attached hydrogens (tertiary/aromatic N) is 6. The molecule has 5 rings (SSSR count). The third-order valence-corrected chi connectivity index (χ3v) is 6.28. The van der Waals surface area contributed by atoms with Crippen molar-refractivity contribution in [3.05, 3.63) is 60.0 Å². The molecule has 1 atom stereocenters. The Bertz CT molecular complexity index is 1080. The molecule has 1 N–H and O–H groups in total. The van der Waals surface area contributed by atoms with E-state index < -0.39 is 0 Å². The number of aromatic nitrogens is 4. The summed E-state index contributed by atoms with van der Waals surface area (Å²) in [6.07, 6.45) is 7.83. The van der Waals surface area contributed by atoms with Crippen LogP contribution in [0.3, 0.4) is 0 Å². The van der Waals surface area contributed by atoms with E-state index in [1.807, 2.05) is 47.5 Å². The van der Waals surface area contributed by atoms with Crippen molar-refractivity contribution in [2.24, 2.45) is 0 Å². The average Bonchev–Trinajstić information content (AvgIpc) is 3.60. The van der Waals surface area contributed by atoms with Crippen molar-refractivity contribution in [2.45, 2.75) is 38.3 Å². The average molecular weight is 433 g/mol. The molecule has 4 heterocycles. The Labute approximate surface area is 187 Å². The number of anilines is 1. The Morgan fingerprint density at radius 2 is 1.88 bits per heavy atom. The van der Waals surface area contributed by atoms with Gasteiger partial charge < -0.3 is 14.9 Å². The number of amides is 1. The Morgan fingerprint density at radius 3 is 2.66 bits per heavy atom. The summed E-state index contributed by atoms with van der Waals surface area (Å²) in [5.41, 5.74) is 3.24. The fourth-order valence-corrected chi connectivity index (χ4v) is 4.71. The number of carbonyl (C=O) groups excluding carboxylic acids is 1. The lowest BCUT2D eigenvalue weighted by molar-refractivity contribution is 0.0732. The molecule has 166 valence electrons. The predicted molar refractivity (Wildman–Crippen MR) is 121 cm³/mol. The topological polar surface area (TPSA) is 87.4 Å². The van der Waals surface area contributed by atoms with Crippen LogP contribution in [0, 0.1) is 0 Å². The van der Waals surface area contributed by atoms with Crippen LogP contribution in [-0.2, 0) is 6.54 Å². The van der Waals surface area contributed by atoms with Crippen molar-refractivity contribution in [3.8, 4) is 11.3 Å². The van der Waals surface area contributed by atoms with E-state index in [1.54, 1.807) is 10.9 Å². The maximum atomic E-state index is 13.3. The lowest BCUT2D eigenvalue weighted by Crippen LogP contribution is -2.31. The first-order chi connectivity index (χ1) is 15.7. The minimum atomic E-state index is -0.122. The van der Waals surface area contributed by atoms with Gasteiger partial charge in [-0.3, -0.25) is 9.48 Å². The SMILES string of the molecule is O=C(c1ccccc1)N1CCC[C@@H]1c1nn(CCO)cc1-c1ccnc(N2CCCC2)n1. The van der Waals surface area contributed by atoms with Gasteiger partial charge >= 0.3 is 0 Å². The molecular weight excluding hydrogens is 404 g/mol. The van der Waals surface area contributed by atoms with Crippen molar-refractivity contribution in [1.82, 2.24) is 24.6 Å². The molecule has 2 aliphatic rings. The fourth-order valence-electron chi connectivity index (χ4n) is 4.71. The molecule has 1 amide bonds. The number of aliphatic hydroxyl groups excluding tert-OH is 1. The summed E-state index contributed by atoms with van der Waals surface area (Å²) in [6.45, 7) is 3.05. The summed E-state index contributed by atoms with van der Waals surface area (Å²) in [5, 5.41) is 14.3. The molecule has 0 saturated carbocycles. The first-order valence-corrected chi connectivity index (χ1v) is 11.4. The zero-order valence-corrected chi connectivity index (χ0v) is 18.1. The Hall–Kier alpha value is -3.26. The van der Waals surface area contributed by atoms with E-state index in [9.17, 15) is 9.90 Å². The number of carbonyl (C=O) groups is 1. The standard InChI is InChI=1S/C24H28N6O2/c31-16-15-29-17-19(20-10-11-25-24(26-20)28-12-4-5-13-28)22(27-29)21-9-6-14-30(21)23(32)18-7-2-1-3-8-18/h1-3,7-8,10-11,17,21,31H,4-6,9,12-16H2/t21-/m1/s1. The van der Waals surface area contributed by atoms with Crippen LogP contribution in [0.25, 0.3) is 11.3 Å². The summed E-state index contributed by atoms with van der Waals surface area (Å²) >= 11 is 0. The molecule has 2 aromatic heterocycles. The summed E-state index contributed by atoms with van der Waals surface area (Å²) in [5.74, 6) is 0.765. The zero-order valence-electron chi connectivity index (χ0n) is 18.1. The van der Waals surface area contributed by atoms with E-state index in [0.717, 1.165) is 61.7 Å². The second-order valence-corrected chi connectivity index (χ2v) is 8.37. The third kappa shape index (κ3) is 3.98. The molecule has 2 fully saturated rings. The monoisotopic (exact) mass is 432 g/mol. The van der Waals surface area contributed by atoms with Crippen molar-refractivity contribution < 1.29 is 9.90 Å². The number of benzene rings is 1. The molecule has 8 nitrogen and oxygen atoms in total. The van der Waals surface area contributed by atoms with Gasteiger partial charge in [0, 0.05) is 43.2 Å². The molecule has 2 saturated heterocycles. The van der Waals surface area contributed by atoms with Crippen LogP contribution in [0.15, 0.2) is 48.8 Å². The predicted octanol–water partition coefficient (Wildman–Crippen LogP) is 2.91. The van der Waals surface area contributed by atoms with Gasteiger partial charge in [0.15, 0.2) is 0 Å². The number of hydrogen-bond donors (Lipinski definition) is 1. The van der Waals surface area contributed by atoms with E-state index in [1.165, 1.54) is 0 Å². The normalized spacial score (nSPS) is 18.5. The van der Waals surface area contributed by atoms with Gasteiger partial charge in [0.2, 0.25) is 5.95 Å². The zero-order chi connectivity index (χ0) is 21.9. The molecule has 8 heteroatoms. The molecule has 2 aliphatic heterocycles. The highest BCUT2D eigenvalue weighted by atomic mass is 16.3. The summed E-state index contributed by atoms with van der Waals surface area (Å²) in [7, 11) is 0. The third-order valence-electron chi connectivity index (χ3n) is 6.28. The molecule has 0 aliphatic carbocycles. The van der Waals surface area contributed by atoms with Crippen molar-refractivity contribution in [1.29, 1.82) is 0 Å². The second-order valence-electron chi connectivity index (χ2n) is 8.37. The quantitative estimate of drug-likeness (QED) is 0.645. The molecular formula is C24H28N6O2. The largest absolute Gasteiger partial charge is 0.394 e. The minimum Gasteiger partial charge on any atom is -0.394 e. The van der Waals surface area contributed by atoms with Crippen LogP contribution in [0.4, 0.5) is 5.95 Å². The molecule has 1 aromatic carbocycles. The minimum absolute atomic E-state index is 0.000683. The Balaban J connectivity index is 1.51. The van der Waals surface area contributed by atoms with E-state index >= 15 is 0 Å². The Morgan fingerprint density at radius 1 is 1.06 bits per heavy atom. The van der Waals surface area contributed by atoms with E-state index in [4.69, 9.17) is 10.1 Å². The first-order valence-electron chi connectivity index (χ1n) is 11.4.